The van der Waals surface area contributed by atoms with Crippen LogP contribution in [0.4, 0.5) is 5.69 Å². The second kappa shape index (κ2) is 6.62. The molecule has 4 nitrogen and oxygen atoms in total. The fraction of sp³-hybridized carbons (Fsp3) is 0.467. The van der Waals surface area contributed by atoms with Crippen LogP contribution in [0.3, 0.4) is 0 Å². The predicted octanol–water partition coefficient (Wildman–Crippen LogP) is 2.99. The van der Waals surface area contributed by atoms with Crippen LogP contribution in [0.1, 0.15) is 25.3 Å². The Kier molecular flexibility index (Phi) is 4.86. The van der Waals surface area contributed by atoms with E-state index in [2.05, 4.69) is 11.0 Å². The first-order valence-electron chi connectivity index (χ1n) is 6.77. The van der Waals surface area contributed by atoms with Crippen molar-refractivity contribution in [3.63, 3.8) is 0 Å². The van der Waals surface area contributed by atoms with Crippen LogP contribution in [0.2, 0.25) is 5.02 Å². The predicted molar refractivity (Wildman–Crippen MR) is 77.7 cm³/mol. The van der Waals surface area contributed by atoms with Gasteiger partial charge in [-0.05, 0) is 31.9 Å². The van der Waals surface area contributed by atoms with Crippen molar-refractivity contribution in [2.45, 2.75) is 19.8 Å². The second-order valence-corrected chi connectivity index (χ2v) is 5.17. The number of hydrogen-bond acceptors (Lipinski definition) is 4. The number of hydrogen-bond donors (Lipinski definition) is 0. The molecule has 1 aliphatic rings. The molecule has 1 aromatic rings. The zero-order chi connectivity index (χ0) is 14.5. The van der Waals surface area contributed by atoms with Crippen LogP contribution >= 0.6 is 11.6 Å². The lowest BCUT2D eigenvalue weighted by Crippen LogP contribution is -2.37. The summed E-state index contributed by atoms with van der Waals surface area (Å²) in [5.74, 6) is -0.144. The highest BCUT2D eigenvalue weighted by Crippen LogP contribution is 2.30. The molecule has 0 atom stereocenters. The van der Waals surface area contributed by atoms with E-state index in [1.807, 2.05) is 19.1 Å². The second-order valence-electron chi connectivity index (χ2n) is 4.76. The lowest BCUT2D eigenvalue weighted by Gasteiger charge is -2.33. The number of rotatable bonds is 3. The molecule has 2 rings (SSSR count). The summed E-state index contributed by atoms with van der Waals surface area (Å²) in [7, 11) is 0. The molecule has 1 aliphatic heterocycles. The van der Waals surface area contributed by atoms with Gasteiger partial charge in [0.1, 0.15) is 6.07 Å². The molecule has 0 aromatic heterocycles. The molecule has 1 saturated heterocycles. The molecule has 0 bridgehead atoms. The molecule has 0 saturated carbocycles. The van der Waals surface area contributed by atoms with E-state index in [-0.39, 0.29) is 11.9 Å². The van der Waals surface area contributed by atoms with Crippen molar-refractivity contribution in [1.82, 2.24) is 0 Å². The Hall–Kier alpha value is -1.73. The first kappa shape index (κ1) is 14.7. The fourth-order valence-corrected chi connectivity index (χ4v) is 2.71. The third-order valence-corrected chi connectivity index (χ3v) is 3.87. The summed E-state index contributed by atoms with van der Waals surface area (Å²) in [5, 5.41) is 9.67. The van der Waals surface area contributed by atoms with E-state index in [4.69, 9.17) is 16.3 Å². The maximum absolute atomic E-state index is 11.7. The van der Waals surface area contributed by atoms with Gasteiger partial charge in [-0.1, -0.05) is 17.7 Å². The Morgan fingerprint density at radius 1 is 1.50 bits per heavy atom. The largest absolute Gasteiger partial charge is 0.466 e. The molecule has 0 spiro atoms. The Morgan fingerprint density at radius 3 is 2.80 bits per heavy atom. The standard InChI is InChI=1S/C15H17ClN2O2/c1-2-20-15(19)11-6-8-18(9-7-11)14-5-3-4-13(16)12(14)10-17/h3-5,11H,2,6-9H2,1H3. The normalized spacial score (nSPS) is 15.8. The summed E-state index contributed by atoms with van der Waals surface area (Å²) in [6.45, 7) is 3.71. The van der Waals surface area contributed by atoms with Crippen LogP contribution in [0, 0.1) is 17.2 Å². The topological polar surface area (TPSA) is 53.3 Å². The quantitative estimate of drug-likeness (QED) is 0.804. The molecule has 0 amide bonds. The van der Waals surface area contributed by atoms with E-state index in [1.165, 1.54) is 0 Å². The number of halogens is 1. The van der Waals surface area contributed by atoms with Crippen molar-refractivity contribution in [3.05, 3.63) is 28.8 Å². The third kappa shape index (κ3) is 3.05. The van der Waals surface area contributed by atoms with Crippen molar-refractivity contribution < 1.29 is 9.53 Å². The lowest BCUT2D eigenvalue weighted by atomic mass is 9.96. The van der Waals surface area contributed by atoms with Crippen LogP contribution in [0.15, 0.2) is 18.2 Å². The van der Waals surface area contributed by atoms with E-state index >= 15 is 0 Å². The highest BCUT2D eigenvalue weighted by Gasteiger charge is 2.27. The number of nitriles is 1. The molecule has 0 radical (unpaired) electrons. The number of carbonyl (C=O) groups is 1. The van der Waals surface area contributed by atoms with Gasteiger partial charge in [-0.25, -0.2) is 0 Å². The molecular weight excluding hydrogens is 276 g/mol. The Morgan fingerprint density at radius 2 is 2.20 bits per heavy atom. The van der Waals surface area contributed by atoms with Gasteiger partial charge < -0.3 is 9.64 Å². The minimum Gasteiger partial charge on any atom is -0.466 e. The van der Waals surface area contributed by atoms with Crippen LogP contribution in [0.5, 0.6) is 0 Å². The van der Waals surface area contributed by atoms with E-state index in [1.54, 1.807) is 6.07 Å². The van der Waals surface area contributed by atoms with E-state index < -0.39 is 0 Å². The molecular formula is C15H17ClN2O2. The maximum Gasteiger partial charge on any atom is 0.309 e. The monoisotopic (exact) mass is 292 g/mol. The zero-order valence-electron chi connectivity index (χ0n) is 11.4. The Bertz CT molecular complexity index is 531. The van der Waals surface area contributed by atoms with Crippen molar-refractivity contribution in [1.29, 1.82) is 5.26 Å². The molecule has 0 N–H and O–H groups in total. The Balaban J connectivity index is 2.06. The minimum absolute atomic E-state index is 0.0316. The molecule has 1 aromatic carbocycles. The minimum atomic E-state index is -0.112. The van der Waals surface area contributed by atoms with Gasteiger partial charge in [-0.3, -0.25) is 4.79 Å². The number of esters is 1. The first-order chi connectivity index (χ1) is 9.67. The van der Waals surface area contributed by atoms with Crippen molar-refractivity contribution in [2.75, 3.05) is 24.6 Å². The van der Waals surface area contributed by atoms with Gasteiger partial charge >= 0.3 is 5.97 Å². The van der Waals surface area contributed by atoms with Crippen molar-refractivity contribution >= 4 is 23.3 Å². The van der Waals surface area contributed by atoms with Gasteiger partial charge in [0.15, 0.2) is 0 Å². The molecule has 0 unspecified atom stereocenters. The van der Waals surface area contributed by atoms with Gasteiger partial charge in [-0.15, -0.1) is 0 Å². The molecule has 20 heavy (non-hydrogen) atoms. The van der Waals surface area contributed by atoms with E-state index in [9.17, 15) is 10.1 Å². The highest BCUT2D eigenvalue weighted by molar-refractivity contribution is 6.32. The van der Waals surface area contributed by atoms with E-state index in [0.717, 1.165) is 31.6 Å². The first-order valence-corrected chi connectivity index (χ1v) is 7.15. The number of nitrogens with zero attached hydrogens (tertiary/aromatic N) is 2. The lowest BCUT2D eigenvalue weighted by molar-refractivity contribution is -0.148. The summed E-state index contributed by atoms with van der Waals surface area (Å²) < 4.78 is 5.06. The number of carbonyl (C=O) groups excluding carboxylic acids is 1. The average Bonchev–Trinajstić information content (AvgIpc) is 2.47. The summed E-state index contributed by atoms with van der Waals surface area (Å²) >= 11 is 6.05. The summed E-state index contributed by atoms with van der Waals surface area (Å²) in [6, 6.07) is 7.61. The van der Waals surface area contributed by atoms with Crippen molar-refractivity contribution in [3.8, 4) is 6.07 Å². The fourth-order valence-electron chi connectivity index (χ4n) is 2.50. The van der Waals surface area contributed by atoms with Crippen LogP contribution < -0.4 is 4.90 Å². The average molecular weight is 293 g/mol. The number of ether oxygens (including phenoxy) is 1. The summed E-state index contributed by atoms with van der Waals surface area (Å²) in [4.78, 5) is 13.8. The summed E-state index contributed by atoms with van der Waals surface area (Å²) in [6.07, 6.45) is 1.49. The number of anilines is 1. The van der Waals surface area contributed by atoms with Crippen LogP contribution in [-0.2, 0) is 9.53 Å². The maximum atomic E-state index is 11.7. The number of piperidine rings is 1. The van der Waals surface area contributed by atoms with Gasteiger partial charge in [0.25, 0.3) is 0 Å². The molecule has 1 heterocycles. The SMILES string of the molecule is CCOC(=O)C1CCN(c2cccc(Cl)c2C#N)CC1. The molecule has 5 heteroatoms. The molecule has 1 fully saturated rings. The number of benzene rings is 1. The molecule has 106 valence electrons. The van der Waals surface area contributed by atoms with Crippen LogP contribution in [-0.4, -0.2) is 25.7 Å². The van der Waals surface area contributed by atoms with E-state index in [0.29, 0.717) is 17.2 Å². The smallest absolute Gasteiger partial charge is 0.309 e. The van der Waals surface area contributed by atoms with Gasteiger partial charge in [-0.2, -0.15) is 5.26 Å². The summed E-state index contributed by atoms with van der Waals surface area (Å²) in [5.41, 5.74) is 1.35. The van der Waals surface area contributed by atoms with Gasteiger partial charge in [0, 0.05) is 13.1 Å². The molecule has 0 aliphatic carbocycles. The zero-order valence-corrected chi connectivity index (χ0v) is 12.2. The van der Waals surface area contributed by atoms with Gasteiger partial charge in [0.2, 0.25) is 0 Å². The highest BCUT2D eigenvalue weighted by atomic mass is 35.5. The van der Waals surface area contributed by atoms with Crippen LogP contribution in [0.25, 0.3) is 0 Å². The van der Waals surface area contributed by atoms with Crippen molar-refractivity contribution in [2.24, 2.45) is 5.92 Å². The Labute approximate surface area is 123 Å². The van der Waals surface area contributed by atoms with Gasteiger partial charge in [0.05, 0.1) is 28.8 Å². The third-order valence-electron chi connectivity index (χ3n) is 3.56.